The van der Waals surface area contributed by atoms with E-state index in [0.29, 0.717) is 0 Å². The number of aliphatic carboxylic acids is 1. The number of H-pyrrole nitrogens is 1. The molecule has 1 unspecified atom stereocenters. The monoisotopic (exact) mass is 255 g/mol. The number of carboxylic acid groups (broad SMARTS) is 1. The van der Waals surface area contributed by atoms with E-state index in [1.807, 2.05) is 0 Å². The van der Waals surface area contributed by atoms with Gasteiger partial charge >= 0.3 is 5.97 Å². The van der Waals surface area contributed by atoms with Crippen molar-refractivity contribution in [1.82, 2.24) is 15.5 Å². The fraction of sp³-hybridized carbons (Fsp3) is 0.400. The van der Waals surface area contributed by atoms with E-state index in [0.717, 1.165) is 6.07 Å². The number of amides is 1. The van der Waals surface area contributed by atoms with Crippen molar-refractivity contribution in [2.45, 2.75) is 18.9 Å². The van der Waals surface area contributed by atoms with Crippen LogP contribution in [0, 0.1) is 0 Å². The van der Waals surface area contributed by atoms with Crippen molar-refractivity contribution in [1.29, 1.82) is 0 Å². The first kappa shape index (κ1) is 13.8. The molecule has 1 atom stereocenters. The molecule has 4 N–H and O–H groups in total. The zero-order chi connectivity index (χ0) is 13.8. The Kier molecular flexibility index (Phi) is 4.16. The number of hydrogen-bond donors (Lipinski definition) is 4. The summed E-state index contributed by atoms with van der Waals surface area (Å²) in [6.07, 6.45) is -0.494. The van der Waals surface area contributed by atoms with Gasteiger partial charge in [-0.05, 0) is 13.0 Å². The van der Waals surface area contributed by atoms with Gasteiger partial charge in [0.15, 0.2) is 0 Å². The molecule has 0 aliphatic carbocycles. The first-order chi connectivity index (χ1) is 8.30. The van der Waals surface area contributed by atoms with Gasteiger partial charge in [0.1, 0.15) is 5.69 Å². The molecule has 98 valence electrons. The summed E-state index contributed by atoms with van der Waals surface area (Å²) < 4.78 is 0. The van der Waals surface area contributed by atoms with Crippen LogP contribution in [-0.4, -0.2) is 44.4 Å². The average Bonchev–Trinajstić information content (AvgIpc) is 2.25. The predicted molar refractivity (Wildman–Crippen MR) is 60.1 cm³/mol. The lowest BCUT2D eigenvalue weighted by atomic mass is 10.0. The van der Waals surface area contributed by atoms with E-state index < -0.39 is 29.5 Å². The lowest BCUT2D eigenvalue weighted by molar-refractivity contribution is -0.141. The van der Waals surface area contributed by atoms with Gasteiger partial charge in [-0.2, -0.15) is 5.10 Å². The average molecular weight is 255 g/mol. The number of carbonyl (C=O) groups excluding carboxylic acids is 1. The normalized spacial score (nSPS) is 13.7. The first-order valence-corrected chi connectivity index (χ1v) is 5.08. The molecule has 1 aromatic heterocycles. The van der Waals surface area contributed by atoms with Crippen LogP contribution in [0.1, 0.15) is 23.8 Å². The SMILES string of the molecule is CC(O)(CNC(=O)c1ccc(=O)[nH]n1)CC(=O)O. The fourth-order valence-corrected chi connectivity index (χ4v) is 1.22. The van der Waals surface area contributed by atoms with Crippen molar-refractivity contribution in [3.8, 4) is 0 Å². The van der Waals surface area contributed by atoms with Gasteiger partial charge in [0.05, 0.1) is 12.0 Å². The molecule has 0 aliphatic rings. The molecular weight excluding hydrogens is 242 g/mol. The zero-order valence-electron chi connectivity index (χ0n) is 9.64. The number of aromatic amines is 1. The first-order valence-electron chi connectivity index (χ1n) is 5.08. The van der Waals surface area contributed by atoms with Crippen LogP contribution in [0.3, 0.4) is 0 Å². The standard InChI is InChI=1S/C10H13N3O5/c1-10(18,4-8(15)16)5-11-9(17)6-2-3-7(14)13-12-6/h2-3,18H,4-5H2,1H3,(H,11,17)(H,13,14)(H,15,16). The maximum absolute atomic E-state index is 11.5. The molecule has 8 heteroatoms. The molecule has 0 saturated carbocycles. The molecule has 0 spiro atoms. The molecule has 0 bridgehead atoms. The van der Waals surface area contributed by atoms with Gasteiger partial charge in [-0.3, -0.25) is 14.4 Å². The molecule has 1 aromatic rings. The Morgan fingerprint density at radius 2 is 2.17 bits per heavy atom. The number of carbonyl (C=O) groups is 2. The minimum absolute atomic E-state index is 0.0271. The van der Waals surface area contributed by atoms with Crippen molar-refractivity contribution in [2.75, 3.05) is 6.54 Å². The highest BCUT2D eigenvalue weighted by atomic mass is 16.4. The van der Waals surface area contributed by atoms with Gasteiger partial charge in [-0.1, -0.05) is 0 Å². The summed E-state index contributed by atoms with van der Waals surface area (Å²) in [6.45, 7) is 1.06. The van der Waals surface area contributed by atoms with Crippen molar-refractivity contribution in [2.24, 2.45) is 0 Å². The van der Waals surface area contributed by atoms with Crippen LogP contribution >= 0.6 is 0 Å². The molecule has 0 saturated heterocycles. The van der Waals surface area contributed by atoms with E-state index in [2.05, 4.69) is 15.5 Å². The Bertz CT molecular complexity index is 488. The van der Waals surface area contributed by atoms with Crippen LogP contribution < -0.4 is 10.9 Å². The lowest BCUT2D eigenvalue weighted by Gasteiger charge is -2.21. The van der Waals surface area contributed by atoms with Gasteiger partial charge < -0.3 is 15.5 Å². The van der Waals surface area contributed by atoms with E-state index in [-0.39, 0.29) is 12.2 Å². The quantitative estimate of drug-likeness (QED) is 0.518. The van der Waals surface area contributed by atoms with Gasteiger partial charge in [-0.25, -0.2) is 5.10 Å². The Morgan fingerprint density at radius 1 is 1.50 bits per heavy atom. The van der Waals surface area contributed by atoms with Crippen molar-refractivity contribution >= 4 is 11.9 Å². The van der Waals surface area contributed by atoms with Crippen LogP contribution in [0.25, 0.3) is 0 Å². The second kappa shape index (κ2) is 5.41. The highest BCUT2D eigenvalue weighted by Gasteiger charge is 2.25. The Labute approximate surface area is 102 Å². The topological polar surface area (TPSA) is 132 Å². The number of aliphatic hydroxyl groups is 1. The molecular formula is C10H13N3O5. The minimum atomic E-state index is -1.55. The molecule has 1 heterocycles. The summed E-state index contributed by atoms with van der Waals surface area (Å²) in [6, 6.07) is 2.36. The van der Waals surface area contributed by atoms with Crippen molar-refractivity contribution in [3.63, 3.8) is 0 Å². The maximum atomic E-state index is 11.5. The summed E-state index contributed by atoms with van der Waals surface area (Å²) >= 11 is 0. The summed E-state index contributed by atoms with van der Waals surface area (Å²) in [5, 5.41) is 26.1. The second-order valence-corrected chi connectivity index (χ2v) is 4.06. The molecule has 0 radical (unpaired) electrons. The third-order valence-corrected chi connectivity index (χ3v) is 2.07. The number of hydrogen-bond acceptors (Lipinski definition) is 5. The van der Waals surface area contributed by atoms with Crippen LogP contribution in [0.4, 0.5) is 0 Å². The largest absolute Gasteiger partial charge is 0.481 e. The lowest BCUT2D eigenvalue weighted by Crippen LogP contribution is -2.42. The Hall–Kier alpha value is -2.22. The Balaban J connectivity index is 2.58. The van der Waals surface area contributed by atoms with E-state index >= 15 is 0 Å². The van der Waals surface area contributed by atoms with E-state index in [1.54, 1.807) is 0 Å². The van der Waals surface area contributed by atoms with E-state index in [9.17, 15) is 19.5 Å². The highest BCUT2D eigenvalue weighted by Crippen LogP contribution is 2.07. The highest BCUT2D eigenvalue weighted by molar-refractivity contribution is 5.92. The summed E-state index contributed by atoms with van der Waals surface area (Å²) in [7, 11) is 0. The molecule has 0 fully saturated rings. The van der Waals surface area contributed by atoms with E-state index in [4.69, 9.17) is 5.11 Å². The van der Waals surface area contributed by atoms with Gasteiger partial charge in [0, 0.05) is 12.6 Å². The van der Waals surface area contributed by atoms with Gasteiger partial charge in [0.25, 0.3) is 11.5 Å². The van der Waals surface area contributed by atoms with Crippen LogP contribution in [0.5, 0.6) is 0 Å². The van der Waals surface area contributed by atoms with E-state index in [1.165, 1.54) is 13.0 Å². The maximum Gasteiger partial charge on any atom is 0.306 e. The van der Waals surface area contributed by atoms with Crippen molar-refractivity contribution < 1.29 is 19.8 Å². The molecule has 0 aromatic carbocycles. The molecule has 1 rings (SSSR count). The smallest absolute Gasteiger partial charge is 0.306 e. The number of carboxylic acids is 1. The summed E-state index contributed by atoms with van der Waals surface area (Å²) in [5.74, 6) is -1.78. The van der Waals surface area contributed by atoms with Crippen LogP contribution in [-0.2, 0) is 4.79 Å². The van der Waals surface area contributed by atoms with Crippen LogP contribution in [0.15, 0.2) is 16.9 Å². The predicted octanol–water partition coefficient (Wildman–Crippen LogP) is -1.27. The number of nitrogens with one attached hydrogen (secondary N) is 2. The van der Waals surface area contributed by atoms with Gasteiger partial charge in [-0.15, -0.1) is 0 Å². The van der Waals surface area contributed by atoms with Crippen molar-refractivity contribution in [3.05, 3.63) is 28.2 Å². The third kappa shape index (κ3) is 4.34. The fourth-order valence-electron chi connectivity index (χ4n) is 1.22. The third-order valence-electron chi connectivity index (χ3n) is 2.07. The number of aromatic nitrogens is 2. The summed E-state index contributed by atoms with van der Waals surface area (Å²) in [5.41, 5.74) is -2.02. The molecule has 18 heavy (non-hydrogen) atoms. The second-order valence-electron chi connectivity index (χ2n) is 4.06. The Morgan fingerprint density at radius 3 is 2.67 bits per heavy atom. The molecule has 8 nitrogen and oxygen atoms in total. The minimum Gasteiger partial charge on any atom is -0.481 e. The molecule has 0 aliphatic heterocycles. The van der Waals surface area contributed by atoms with Crippen LogP contribution in [0.2, 0.25) is 0 Å². The number of rotatable bonds is 5. The number of nitrogens with zero attached hydrogens (tertiary/aromatic N) is 1. The zero-order valence-corrected chi connectivity index (χ0v) is 9.64. The van der Waals surface area contributed by atoms with Gasteiger partial charge in [0.2, 0.25) is 0 Å². The molecule has 1 amide bonds. The summed E-state index contributed by atoms with van der Waals surface area (Å²) in [4.78, 5) is 32.7.